The lowest BCUT2D eigenvalue weighted by molar-refractivity contribution is 0.0946. The third kappa shape index (κ3) is 3.49. The third-order valence-electron chi connectivity index (χ3n) is 4.75. The average Bonchev–Trinajstić information content (AvgIpc) is 3.18. The van der Waals surface area contributed by atoms with Gasteiger partial charge in [0.2, 0.25) is 0 Å². The zero-order valence-electron chi connectivity index (χ0n) is 15.8. The van der Waals surface area contributed by atoms with Gasteiger partial charge < -0.3 is 19.8 Å². The molecule has 0 radical (unpaired) electrons. The third-order valence-corrected chi connectivity index (χ3v) is 4.75. The van der Waals surface area contributed by atoms with Gasteiger partial charge in [-0.2, -0.15) is 0 Å². The molecule has 0 saturated carbocycles. The molecule has 0 unspecified atom stereocenters. The Morgan fingerprint density at radius 3 is 2.68 bits per heavy atom. The van der Waals surface area contributed by atoms with Crippen LogP contribution in [0.25, 0.3) is 23.4 Å². The Labute approximate surface area is 163 Å². The van der Waals surface area contributed by atoms with E-state index >= 15 is 0 Å². The van der Waals surface area contributed by atoms with Crippen LogP contribution in [0.1, 0.15) is 27.3 Å². The zero-order valence-corrected chi connectivity index (χ0v) is 15.8. The van der Waals surface area contributed by atoms with Crippen LogP contribution >= 0.6 is 0 Å². The van der Waals surface area contributed by atoms with Crippen molar-refractivity contribution in [2.45, 2.75) is 6.42 Å². The summed E-state index contributed by atoms with van der Waals surface area (Å²) in [4.78, 5) is 19.8. The monoisotopic (exact) mass is 375 g/mol. The number of amides is 1. The van der Waals surface area contributed by atoms with Crippen LogP contribution in [-0.4, -0.2) is 36.6 Å². The number of carbonyl (C=O) groups is 1. The standard InChI is InChI=1S/C22H21N3O3/c1-27-20-6-4-14(11-21(20)28-2)3-5-16-12-15(7-9-23-16)19-13-17-18(25-19)8-10-24-22(17)26/h3-7,9,11-13,25H,8,10H2,1-2H3,(H,24,26)/b5-3+. The van der Waals surface area contributed by atoms with E-state index in [-0.39, 0.29) is 5.91 Å². The van der Waals surface area contributed by atoms with Gasteiger partial charge in [-0.1, -0.05) is 12.1 Å². The number of fused-ring (bicyclic) bond motifs is 1. The lowest BCUT2D eigenvalue weighted by atomic mass is 10.1. The molecule has 6 nitrogen and oxygen atoms in total. The summed E-state index contributed by atoms with van der Waals surface area (Å²) in [6.07, 6.45) is 6.50. The maximum atomic E-state index is 12.0. The van der Waals surface area contributed by atoms with Gasteiger partial charge in [-0.25, -0.2) is 0 Å². The van der Waals surface area contributed by atoms with Gasteiger partial charge in [-0.05, 0) is 42.0 Å². The Hall–Kier alpha value is -3.54. The summed E-state index contributed by atoms with van der Waals surface area (Å²) in [5.74, 6) is 1.35. The minimum atomic E-state index is -0.0219. The topological polar surface area (TPSA) is 76.2 Å². The Morgan fingerprint density at radius 2 is 1.89 bits per heavy atom. The molecule has 142 valence electrons. The first kappa shape index (κ1) is 17.9. The molecular formula is C22H21N3O3. The van der Waals surface area contributed by atoms with Crippen molar-refractivity contribution < 1.29 is 14.3 Å². The Bertz CT molecular complexity index is 1050. The number of pyridine rings is 1. The summed E-state index contributed by atoms with van der Waals surface area (Å²) in [6.45, 7) is 0.668. The molecule has 0 atom stereocenters. The second-order valence-electron chi connectivity index (χ2n) is 6.50. The number of nitrogens with zero attached hydrogens (tertiary/aromatic N) is 1. The predicted molar refractivity (Wildman–Crippen MR) is 109 cm³/mol. The highest BCUT2D eigenvalue weighted by molar-refractivity contribution is 5.97. The van der Waals surface area contributed by atoms with Crippen LogP contribution in [0, 0.1) is 0 Å². The number of aromatic nitrogens is 2. The highest BCUT2D eigenvalue weighted by Gasteiger charge is 2.19. The van der Waals surface area contributed by atoms with Crippen molar-refractivity contribution in [1.82, 2.24) is 15.3 Å². The zero-order chi connectivity index (χ0) is 19.5. The highest BCUT2D eigenvalue weighted by atomic mass is 16.5. The molecule has 28 heavy (non-hydrogen) atoms. The predicted octanol–water partition coefficient (Wildman–Crippen LogP) is 3.55. The lowest BCUT2D eigenvalue weighted by Crippen LogP contribution is -2.31. The first-order valence-electron chi connectivity index (χ1n) is 9.04. The van der Waals surface area contributed by atoms with Gasteiger partial charge in [-0.3, -0.25) is 9.78 Å². The van der Waals surface area contributed by atoms with Crippen molar-refractivity contribution >= 4 is 18.1 Å². The first-order chi connectivity index (χ1) is 13.7. The first-order valence-corrected chi connectivity index (χ1v) is 9.04. The number of ether oxygens (including phenoxy) is 2. The molecule has 1 aliphatic rings. The largest absolute Gasteiger partial charge is 0.493 e. The SMILES string of the molecule is COc1ccc(/C=C/c2cc(-c3cc4c([nH]3)CCNC4=O)ccn2)cc1OC. The van der Waals surface area contributed by atoms with Crippen LogP contribution in [0.4, 0.5) is 0 Å². The van der Waals surface area contributed by atoms with Crippen LogP contribution in [0.5, 0.6) is 11.5 Å². The molecule has 0 spiro atoms. The van der Waals surface area contributed by atoms with Gasteiger partial charge in [0.25, 0.3) is 5.91 Å². The smallest absolute Gasteiger partial charge is 0.253 e. The number of nitrogens with one attached hydrogen (secondary N) is 2. The maximum absolute atomic E-state index is 12.0. The molecule has 4 rings (SSSR count). The molecule has 2 aromatic heterocycles. The summed E-state index contributed by atoms with van der Waals surface area (Å²) in [6, 6.07) is 11.6. The van der Waals surface area contributed by atoms with Gasteiger partial charge in [0.05, 0.1) is 25.5 Å². The van der Waals surface area contributed by atoms with Crippen molar-refractivity contribution in [3.8, 4) is 22.8 Å². The molecule has 3 aromatic rings. The summed E-state index contributed by atoms with van der Waals surface area (Å²) >= 11 is 0. The summed E-state index contributed by atoms with van der Waals surface area (Å²) in [7, 11) is 3.23. The van der Waals surface area contributed by atoms with Crippen molar-refractivity contribution in [3.05, 3.63) is 65.1 Å². The van der Waals surface area contributed by atoms with Crippen LogP contribution in [0.2, 0.25) is 0 Å². The van der Waals surface area contributed by atoms with Gasteiger partial charge >= 0.3 is 0 Å². The second-order valence-corrected chi connectivity index (χ2v) is 6.50. The van der Waals surface area contributed by atoms with Crippen molar-refractivity contribution in [2.75, 3.05) is 20.8 Å². The number of hydrogen-bond donors (Lipinski definition) is 2. The fraction of sp³-hybridized carbons (Fsp3) is 0.182. The number of methoxy groups -OCH3 is 2. The maximum Gasteiger partial charge on any atom is 0.253 e. The summed E-state index contributed by atoms with van der Waals surface area (Å²) in [5.41, 5.74) is 5.43. The average molecular weight is 375 g/mol. The van der Waals surface area contributed by atoms with E-state index in [9.17, 15) is 4.79 Å². The summed E-state index contributed by atoms with van der Waals surface area (Å²) in [5, 5.41) is 2.87. The van der Waals surface area contributed by atoms with Gasteiger partial charge in [0.15, 0.2) is 11.5 Å². The molecule has 6 heteroatoms. The quantitative estimate of drug-likeness (QED) is 0.715. The number of aromatic amines is 1. The fourth-order valence-electron chi connectivity index (χ4n) is 3.29. The number of carbonyl (C=O) groups excluding carboxylic acids is 1. The van der Waals surface area contributed by atoms with E-state index in [2.05, 4.69) is 15.3 Å². The summed E-state index contributed by atoms with van der Waals surface area (Å²) < 4.78 is 10.6. The van der Waals surface area contributed by atoms with Crippen molar-refractivity contribution in [2.24, 2.45) is 0 Å². The number of benzene rings is 1. The minimum absolute atomic E-state index is 0.0219. The molecule has 0 fully saturated rings. The second kappa shape index (κ2) is 7.60. The molecule has 0 saturated heterocycles. The van der Waals surface area contributed by atoms with Crippen molar-refractivity contribution in [1.29, 1.82) is 0 Å². The van der Waals surface area contributed by atoms with Crippen LogP contribution < -0.4 is 14.8 Å². The number of rotatable bonds is 5. The van der Waals surface area contributed by atoms with Crippen LogP contribution in [0.15, 0.2) is 42.6 Å². The molecule has 1 aliphatic heterocycles. The fourth-order valence-corrected chi connectivity index (χ4v) is 3.29. The van der Waals surface area contributed by atoms with E-state index in [0.29, 0.717) is 18.0 Å². The van der Waals surface area contributed by atoms with Gasteiger partial charge in [-0.15, -0.1) is 0 Å². The van der Waals surface area contributed by atoms with Gasteiger partial charge in [0.1, 0.15) is 0 Å². The molecule has 1 amide bonds. The molecule has 0 aliphatic carbocycles. The molecule has 0 bridgehead atoms. The van der Waals surface area contributed by atoms with E-state index in [1.165, 1.54) is 0 Å². The lowest BCUT2D eigenvalue weighted by Gasteiger charge is -2.10. The molecule has 2 N–H and O–H groups in total. The molecular weight excluding hydrogens is 354 g/mol. The van der Waals surface area contributed by atoms with E-state index in [4.69, 9.17) is 9.47 Å². The van der Waals surface area contributed by atoms with Gasteiger partial charge in [0, 0.05) is 36.1 Å². The normalized spacial score (nSPS) is 13.3. The highest BCUT2D eigenvalue weighted by Crippen LogP contribution is 2.28. The van der Waals surface area contributed by atoms with Crippen LogP contribution in [0.3, 0.4) is 0 Å². The van der Waals surface area contributed by atoms with Crippen LogP contribution in [-0.2, 0) is 6.42 Å². The molecule has 1 aromatic carbocycles. The number of H-pyrrole nitrogens is 1. The van der Waals surface area contributed by atoms with E-state index < -0.39 is 0 Å². The van der Waals surface area contributed by atoms with E-state index in [1.807, 2.05) is 48.6 Å². The number of hydrogen-bond acceptors (Lipinski definition) is 4. The van der Waals surface area contributed by atoms with E-state index in [0.717, 1.165) is 40.2 Å². The Morgan fingerprint density at radius 1 is 1.04 bits per heavy atom. The van der Waals surface area contributed by atoms with E-state index in [1.54, 1.807) is 20.4 Å². The Balaban J connectivity index is 1.59. The van der Waals surface area contributed by atoms with Crippen molar-refractivity contribution in [3.63, 3.8) is 0 Å². The minimum Gasteiger partial charge on any atom is -0.493 e. The molecule has 3 heterocycles. The Kier molecular flexibility index (Phi) is 4.85.